The molecule has 0 unspecified atom stereocenters. The van der Waals surface area contributed by atoms with Gasteiger partial charge >= 0.3 is 5.97 Å². The van der Waals surface area contributed by atoms with Gasteiger partial charge in [0.25, 0.3) is 0 Å². The summed E-state index contributed by atoms with van der Waals surface area (Å²) in [5.74, 6) is -2.18. The molecule has 0 spiro atoms. The zero-order chi connectivity index (χ0) is 16.7. The zero-order valence-electron chi connectivity index (χ0n) is 12.6. The number of esters is 1. The molecule has 0 heterocycles. The number of hydrogen-bond acceptors (Lipinski definition) is 4. The third-order valence-corrected chi connectivity index (χ3v) is 3.14. The Morgan fingerprint density at radius 1 is 0.826 bits per heavy atom. The van der Waals surface area contributed by atoms with E-state index in [1.807, 2.05) is 12.1 Å². The van der Waals surface area contributed by atoms with Crippen LogP contribution in [0.3, 0.4) is 0 Å². The molecule has 0 saturated carbocycles. The highest BCUT2D eigenvalue weighted by molar-refractivity contribution is 6.11. The van der Waals surface area contributed by atoms with Crippen molar-refractivity contribution in [2.45, 2.75) is 0 Å². The van der Waals surface area contributed by atoms with Crippen molar-refractivity contribution in [3.63, 3.8) is 0 Å². The average Bonchev–Trinajstić information content (AvgIpc) is 2.59. The summed E-state index contributed by atoms with van der Waals surface area (Å²) in [5, 5.41) is 11.5. The molecule has 0 atom stereocenters. The Morgan fingerprint density at radius 3 is 1.65 bits per heavy atom. The largest absolute Gasteiger partial charge is 0.545 e. The summed E-state index contributed by atoms with van der Waals surface area (Å²) in [4.78, 5) is 23.6. The van der Waals surface area contributed by atoms with E-state index in [9.17, 15) is 14.7 Å². The van der Waals surface area contributed by atoms with Gasteiger partial charge in [0, 0.05) is 5.57 Å². The molecule has 0 bridgehead atoms. The van der Waals surface area contributed by atoms with E-state index in [-0.39, 0.29) is 11.1 Å². The van der Waals surface area contributed by atoms with Crippen LogP contribution in [-0.4, -0.2) is 19.0 Å². The second kappa shape index (κ2) is 7.75. The molecule has 0 aliphatic rings. The summed E-state index contributed by atoms with van der Waals surface area (Å²) in [6.45, 7) is 0. The number of carbonyl (C=O) groups excluding carboxylic acids is 2. The van der Waals surface area contributed by atoms with Crippen LogP contribution in [0.25, 0.3) is 12.2 Å². The standard InChI is InChI=1S/C19H16O4/c1-23-19(22)17(13-15-10-6-3-7-11-15)16(18(20)21)12-14-8-4-2-5-9-14/h2-13H,1H3,(H,20,21)/p-1. The second-order valence-corrected chi connectivity index (χ2v) is 4.72. The average molecular weight is 307 g/mol. The van der Waals surface area contributed by atoms with Gasteiger partial charge < -0.3 is 14.6 Å². The van der Waals surface area contributed by atoms with Gasteiger partial charge in [-0.2, -0.15) is 0 Å². The molecule has 0 amide bonds. The van der Waals surface area contributed by atoms with Crippen LogP contribution in [0.5, 0.6) is 0 Å². The molecular weight excluding hydrogens is 292 g/mol. The summed E-state index contributed by atoms with van der Waals surface area (Å²) in [6.07, 6.45) is 2.86. The topological polar surface area (TPSA) is 66.4 Å². The zero-order valence-corrected chi connectivity index (χ0v) is 12.6. The van der Waals surface area contributed by atoms with Gasteiger partial charge in [0.1, 0.15) is 0 Å². The molecule has 2 aromatic rings. The van der Waals surface area contributed by atoms with Crippen LogP contribution >= 0.6 is 0 Å². The Labute approximate surface area is 134 Å². The highest BCUT2D eigenvalue weighted by atomic mass is 16.5. The van der Waals surface area contributed by atoms with Gasteiger partial charge in [0.05, 0.1) is 18.7 Å². The number of carboxylic acids is 1. The normalized spacial score (nSPS) is 11.9. The van der Waals surface area contributed by atoms with Gasteiger partial charge in [-0.25, -0.2) is 4.79 Å². The molecule has 4 nitrogen and oxygen atoms in total. The first kappa shape index (κ1) is 16.2. The van der Waals surface area contributed by atoms with Gasteiger partial charge in [0.2, 0.25) is 0 Å². The molecule has 0 aliphatic carbocycles. The molecular formula is C19H15O4-. The van der Waals surface area contributed by atoms with Crippen molar-refractivity contribution in [3.05, 3.63) is 82.9 Å². The first-order chi connectivity index (χ1) is 11.1. The third kappa shape index (κ3) is 4.41. The van der Waals surface area contributed by atoms with Crippen molar-refractivity contribution >= 4 is 24.1 Å². The van der Waals surface area contributed by atoms with Crippen LogP contribution in [0.4, 0.5) is 0 Å². The predicted octanol–water partition coefficient (Wildman–Crippen LogP) is 2.08. The summed E-state index contributed by atoms with van der Waals surface area (Å²) in [7, 11) is 1.20. The highest BCUT2D eigenvalue weighted by Gasteiger charge is 2.16. The van der Waals surface area contributed by atoms with Crippen molar-refractivity contribution in [1.29, 1.82) is 0 Å². The molecule has 2 rings (SSSR count). The lowest BCUT2D eigenvalue weighted by Crippen LogP contribution is -2.27. The Kier molecular flexibility index (Phi) is 5.47. The number of benzene rings is 2. The van der Waals surface area contributed by atoms with Crippen molar-refractivity contribution < 1.29 is 19.4 Å². The minimum atomic E-state index is -1.44. The first-order valence-electron chi connectivity index (χ1n) is 6.95. The number of ether oxygens (including phenoxy) is 1. The van der Waals surface area contributed by atoms with Crippen LogP contribution in [0.1, 0.15) is 11.1 Å². The van der Waals surface area contributed by atoms with Gasteiger partial charge in [-0.1, -0.05) is 60.7 Å². The van der Waals surface area contributed by atoms with Crippen molar-refractivity contribution in [3.8, 4) is 0 Å². The molecule has 23 heavy (non-hydrogen) atoms. The molecule has 0 aromatic heterocycles. The summed E-state index contributed by atoms with van der Waals surface area (Å²) in [6, 6.07) is 17.8. The van der Waals surface area contributed by atoms with Crippen LogP contribution in [0, 0.1) is 0 Å². The minimum Gasteiger partial charge on any atom is -0.545 e. The van der Waals surface area contributed by atoms with Crippen LogP contribution < -0.4 is 5.11 Å². The van der Waals surface area contributed by atoms with Gasteiger partial charge in [0.15, 0.2) is 0 Å². The maximum atomic E-state index is 12.0. The minimum absolute atomic E-state index is 0.0671. The fourth-order valence-electron chi connectivity index (χ4n) is 2.04. The molecule has 0 saturated heterocycles. The monoisotopic (exact) mass is 307 g/mol. The smallest absolute Gasteiger partial charge is 0.338 e. The lowest BCUT2D eigenvalue weighted by molar-refractivity contribution is -0.298. The van der Waals surface area contributed by atoms with E-state index in [4.69, 9.17) is 4.74 Å². The van der Waals surface area contributed by atoms with Crippen molar-refractivity contribution in [1.82, 2.24) is 0 Å². The molecule has 0 fully saturated rings. The number of aliphatic carboxylic acids is 1. The van der Waals surface area contributed by atoms with Gasteiger partial charge in [-0.05, 0) is 23.3 Å². The molecule has 4 heteroatoms. The van der Waals surface area contributed by atoms with Gasteiger partial charge in [-0.15, -0.1) is 0 Å². The summed E-state index contributed by atoms with van der Waals surface area (Å²) >= 11 is 0. The molecule has 2 aromatic carbocycles. The Hall–Kier alpha value is -3.14. The quantitative estimate of drug-likeness (QED) is 0.482. The molecule has 116 valence electrons. The number of carboxylic acid groups (broad SMARTS) is 1. The van der Waals surface area contributed by atoms with E-state index < -0.39 is 11.9 Å². The number of rotatable bonds is 5. The Morgan fingerprint density at radius 2 is 1.26 bits per heavy atom. The Balaban J connectivity index is 2.55. The first-order valence-corrected chi connectivity index (χ1v) is 6.95. The van der Waals surface area contributed by atoms with E-state index in [2.05, 4.69) is 0 Å². The Bertz CT molecular complexity index is 743. The fraction of sp³-hybridized carbons (Fsp3) is 0.0526. The van der Waals surface area contributed by atoms with E-state index in [0.29, 0.717) is 11.1 Å². The number of methoxy groups -OCH3 is 1. The van der Waals surface area contributed by atoms with Crippen LogP contribution in [0.2, 0.25) is 0 Å². The SMILES string of the molecule is COC(=O)C(=Cc1ccccc1)C(=Cc1ccccc1)C(=O)[O-]. The number of hydrogen-bond donors (Lipinski definition) is 0. The van der Waals surface area contributed by atoms with E-state index in [1.165, 1.54) is 19.3 Å². The third-order valence-electron chi connectivity index (χ3n) is 3.14. The highest BCUT2D eigenvalue weighted by Crippen LogP contribution is 2.19. The summed E-state index contributed by atoms with van der Waals surface area (Å²) < 4.78 is 4.71. The maximum Gasteiger partial charge on any atom is 0.338 e. The van der Waals surface area contributed by atoms with Crippen LogP contribution in [0.15, 0.2) is 71.8 Å². The van der Waals surface area contributed by atoms with E-state index in [0.717, 1.165) is 0 Å². The molecule has 0 radical (unpaired) electrons. The van der Waals surface area contributed by atoms with Crippen molar-refractivity contribution in [2.24, 2.45) is 0 Å². The van der Waals surface area contributed by atoms with E-state index in [1.54, 1.807) is 48.5 Å². The second-order valence-electron chi connectivity index (χ2n) is 4.72. The lowest BCUT2D eigenvalue weighted by atomic mass is 10.0. The number of carbonyl (C=O) groups is 2. The molecule has 0 aliphatic heterocycles. The van der Waals surface area contributed by atoms with E-state index >= 15 is 0 Å². The van der Waals surface area contributed by atoms with Gasteiger partial charge in [-0.3, -0.25) is 0 Å². The predicted molar refractivity (Wildman–Crippen MR) is 85.9 cm³/mol. The lowest BCUT2D eigenvalue weighted by Gasteiger charge is -2.12. The molecule has 0 N–H and O–H groups in total. The summed E-state index contributed by atoms with van der Waals surface area (Å²) in [5.41, 5.74) is 1.04. The maximum absolute atomic E-state index is 12.0. The van der Waals surface area contributed by atoms with Crippen molar-refractivity contribution in [2.75, 3.05) is 7.11 Å². The fourth-order valence-corrected chi connectivity index (χ4v) is 2.04. The van der Waals surface area contributed by atoms with Crippen LogP contribution in [-0.2, 0) is 14.3 Å².